The molecule has 0 amide bonds. The molecule has 1 heterocycles. The first-order valence-corrected chi connectivity index (χ1v) is 7.30. The molecule has 0 aliphatic carbocycles. The van der Waals surface area contributed by atoms with Gasteiger partial charge in [-0.2, -0.15) is 0 Å². The SMILES string of the molecule is COCc1nc(C(C(=O)OC)C(=O)OC(C)(C)C)ncc1Br. The number of carbonyl (C=O) groups excluding carboxylic acids is 2. The van der Waals surface area contributed by atoms with Gasteiger partial charge in [0.05, 0.1) is 23.9 Å². The first-order chi connectivity index (χ1) is 10.2. The lowest BCUT2D eigenvalue weighted by Crippen LogP contribution is -2.33. The quantitative estimate of drug-likeness (QED) is 0.574. The van der Waals surface area contributed by atoms with E-state index in [0.29, 0.717) is 10.2 Å². The lowest BCUT2D eigenvalue weighted by molar-refractivity contribution is -0.163. The van der Waals surface area contributed by atoms with E-state index in [2.05, 4.69) is 30.6 Å². The topological polar surface area (TPSA) is 87.6 Å². The zero-order chi connectivity index (χ0) is 16.9. The van der Waals surface area contributed by atoms with Gasteiger partial charge in [-0.15, -0.1) is 0 Å². The second kappa shape index (κ2) is 7.64. The van der Waals surface area contributed by atoms with Gasteiger partial charge in [-0.3, -0.25) is 9.59 Å². The van der Waals surface area contributed by atoms with Gasteiger partial charge in [0.1, 0.15) is 5.60 Å². The van der Waals surface area contributed by atoms with Crippen molar-refractivity contribution < 1.29 is 23.8 Å². The largest absolute Gasteiger partial charge is 0.468 e. The van der Waals surface area contributed by atoms with E-state index in [9.17, 15) is 9.59 Å². The van der Waals surface area contributed by atoms with Gasteiger partial charge < -0.3 is 14.2 Å². The maximum Gasteiger partial charge on any atom is 0.328 e. The van der Waals surface area contributed by atoms with Crippen molar-refractivity contribution in [1.29, 1.82) is 0 Å². The van der Waals surface area contributed by atoms with Crippen LogP contribution in [0.3, 0.4) is 0 Å². The third kappa shape index (κ3) is 5.03. The summed E-state index contributed by atoms with van der Waals surface area (Å²) in [4.78, 5) is 32.4. The summed E-state index contributed by atoms with van der Waals surface area (Å²) < 4.78 is 15.5. The van der Waals surface area contributed by atoms with Crippen LogP contribution in [0, 0.1) is 0 Å². The van der Waals surface area contributed by atoms with Gasteiger partial charge >= 0.3 is 11.9 Å². The third-order valence-corrected chi connectivity index (χ3v) is 3.12. The standard InChI is InChI=1S/C14H19BrN2O5/c1-14(2,3)22-13(19)10(12(18)21-5)11-16-6-8(15)9(17-11)7-20-4/h6,10H,7H2,1-5H3. The summed E-state index contributed by atoms with van der Waals surface area (Å²) in [5.74, 6) is -2.87. The average molecular weight is 375 g/mol. The van der Waals surface area contributed by atoms with Crippen molar-refractivity contribution >= 4 is 27.9 Å². The molecule has 0 fully saturated rings. The normalized spacial score (nSPS) is 12.6. The van der Waals surface area contributed by atoms with Gasteiger partial charge in [-0.1, -0.05) is 0 Å². The molecule has 0 N–H and O–H groups in total. The van der Waals surface area contributed by atoms with Crippen molar-refractivity contribution in [3.05, 3.63) is 22.2 Å². The lowest BCUT2D eigenvalue weighted by Gasteiger charge is -2.22. The van der Waals surface area contributed by atoms with Gasteiger partial charge in [0, 0.05) is 13.3 Å². The van der Waals surface area contributed by atoms with Crippen LogP contribution in [-0.2, 0) is 30.4 Å². The first-order valence-electron chi connectivity index (χ1n) is 6.50. The Balaban J connectivity index is 3.20. The Morgan fingerprint density at radius 1 is 1.27 bits per heavy atom. The number of halogens is 1. The smallest absolute Gasteiger partial charge is 0.328 e. The van der Waals surface area contributed by atoms with Crippen molar-refractivity contribution in [2.24, 2.45) is 0 Å². The predicted octanol–water partition coefficient (Wildman–Crippen LogP) is 1.98. The summed E-state index contributed by atoms with van der Waals surface area (Å²) in [7, 11) is 2.70. The van der Waals surface area contributed by atoms with E-state index in [0.717, 1.165) is 0 Å². The molecule has 8 heteroatoms. The van der Waals surface area contributed by atoms with Crippen LogP contribution in [0.15, 0.2) is 10.7 Å². The van der Waals surface area contributed by atoms with Gasteiger partial charge in [-0.25, -0.2) is 9.97 Å². The van der Waals surface area contributed by atoms with Crippen LogP contribution in [0.5, 0.6) is 0 Å². The van der Waals surface area contributed by atoms with E-state index in [-0.39, 0.29) is 12.4 Å². The first kappa shape index (κ1) is 18.5. The van der Waals surface area contributed by atoms with Crippen molar-refractivity contribution in [1.82, 2.24) is 9.97 Å². The molecule has 1 atom stereocenters. The Bertz CT molecular complexity index is 557. The molecule has 22 heavy (non-hydrogen) atoms. The highest BCUT2D eigenvalue weighted by atomic mass is 79.9. The summed E-state index contributed by atoms with van der Waals surface area (Å²) in [6, 6.07) is 0. The zero-order valence-corrected chi connectivity index (χ0v) is 14.8. The molecule has 0 aromatic carbocycles. The predicted molar refractivity (Wildman–Crippen MR) is 81.0 cm³/mol. The molecule has 1 unspecified atom stereocenters. The Kier molecular flexibility index (Phi) is 6.43. The van der Waals surface area contributed by atoms with Crippen molar-refractivity contribution in [2.75, 3.05) is 14.2 Å². The summed E-state index contributed by atoms with van der Waals surface area (Å²) in [5, 5.41) is 0. The fourth-order valence-electron chi connectivity index (χ4n) is 1.58. The molecule has 0 saturated heterocycles. The van der Waals surface area contributed by atoms with E-state index in [1.165, 1.54) is 20.4 Å². The number of hydrogen-bond acceptors (Lipinski definition) is 7. The van der Waals surface area contributed by atoms with Crippen LogP contribution in [0.1, 0.15) is 38.2 Å². The number of aromatic nitrogens is 2. The Morgan fingerprint density at radius 3 is 2.41 bits per heavy atom. The maximum atomic E-state index is 12.3. The molecular weight excluding hydrogens is 356 g/mol. The van der Waals surface area contributed by atoms with E-state index in [1.807, 2.05) is 0 Å². The molecule has 1 aromatic rings. The van der Waals surface area contributed by atoms with Crippen LogP contribution in [0.4, 0.5) is 0 Å². The van der Waals surface area contributed by atoms with Crippen LogP contribution in [0.25, 0.3) is 0 Å². The van der Waals surface area contributed by atoms with Crippen molar-refractivity contribution in [2.45, 2.75) is 38.9 Å². The van der Waals surface area contributed by atoms with Crippen LogP contribution < -0.4 is 0 Å². The van der Waals surface area contributed by atoms with Crippen LogP contribution in [-0.4, -0.2) is 41.7 Å². The fourth-order valence-corrected chi connectivity index (χ4v) is 1.89. The monoisotopic (exact) mass is 374 g/mol. The molecule has 0 aliphatic rings. The van der Waals surface area contributed by atoms with E-state index >= 15 is 0 Å². The van der Waals surface area contributed by atoms with Gasteiger partial charge in [0.2, 0.25) is 5.92 Å². The molecule has 1 aromatic heterocycles. The molecule has 0 spiro atoms. The Labute approximate surface area is 137 Å². The summed E-state index contributed by atoms with van der Waals surface area (Å²) in [6.07, 6.45) is 1.46. The number of esters is 2. The summed E-state index contributed by atoms with van der Waals surface area (Å²) in [6.45, 7) is 5.33. The molecule has 7 nitrogen and oxygen atoms in total. The molecule has 1 rings (SSSR count). The third-order valence-electron chi connectivity index (χ3n) is 2.45. The number of carbonyl (C=O) groups is 2. The Morgan fingerprint density at radius 2 is 1.91 bits per heavy atom. The number of ether oxygens (including phenoxy) is 3. The molecular formula is C14H19BrN2O5. The molecule has 0 aliphatic heterocycles. The van der Waals surface area contributed by atoms with Gasteiger partial charge in [-0.05, 0) is 36.7 Å². The zero-order valence-electron chi connectivity index (χ0n) is 13.2. The maximum absolute atomic E-state index is 12.3. The average Bonchev–Trinajstić information content (AvgIpc) is 2.40. The van der Waals surface area contributed by atoms with E-state index in [1.54, 1.807) is 20.8 Å². The molecule has 0 radical (unpaired) electrons. The summed E-state index contributed by atoms with van der Waals surface area (Å²) >= 11 is 3.28. The molecule has 0 bridgehead atoms. The minimum absolute atomic E-state index is 0.0105. The highest BCUT2D eigenvalue weighted by Crippen LogP contribution is 2.22. The van der Waals surface area contributed by atoms with Gasteiger partial charge in [0.25, 0.3) is 0 Å². The number of nitrogens with zero attached hydrogens (tertiary/aromatic N) is 2. The van der Waals surface area contributed by atoms with Crippen LogP contribution >= 0.6 is 15.9 Å². The van der Waals surface area contributed by atoms with Crippen molar-refractivity contribution in [3.8, 4) is 0 Å². The number of rotatable bonds is 5. The van der Waals surface area contributed by atoms with Gasteiger partial charge in [0.15, 0.2) is 5.82 Å². The lowest BCUT2D eigenvalue weighted by atomic mass is 10.1. The highest BCUT2D eigenvalue weighted by Gasteiger charge is 2.36. The van der Waals surface area contributed by atoms with Crippen molar-refractivity contribution in [3.63, 3.8) is 0 Å². The minimum atomic E-state index is -1.34. The Hall–Kier alpha value is -1.54. The second-order valence-electron chi connectivity index (χ2n) is 5.45. The molecule has 0 saturated carbocycles. The second-order valence-corrected chi connectivity index (χ2v) is 6.30. The molecule has 122 valence electrons. The number of methoxy groups -OCH3 is 2. The van der Waals surface area contributed by atoms with E-state index in [4.69, 9.17) is 9.47 Å². The fraction of sp³-hybridized carbons (Fsp3) is 0.571. The summed E-state index contributed by atoms with van der Waals surface area (Å²) in [5.41, 5.74) is -0.224. The minimum Gasteiger partial charge on any atom is -0.468 e. The number of hydrogen-bond donors (Lipinski definition) is 0. The highest BCUT2D eigenvalue weighted by molar-refractivity contribution is 9.10. The van der Waals surface area contributed by atoms with Crippen LogP contribution in [0.2, 0.25) is 0 Å². The van der Waals surface area contributed by atoms with E-state index < -0.39 is 23.5 Å².